The second-order valence-corrected chi connectivity index (χ2v) is 2.75. The van der Waals surface area contributed by atoms with E-state index in [0.29, 0.717) is 12.1 Å². The molecule has 1 rings (SSSR count). The van der Waals surface area contributed by atoms with Crippen molar-refractivity contribution in [2.45, 2.75) is 13.3 Å². The third-order valence-corrected chi connectivity index (χ3v) is 1.68. The molecule has 1 aromatic heterocycles. The number of anilines is 1. The van der Waals surface area contributed by atoms with Crippen LogP contribution in [0, 0.1) is 6.92 Å². The molecule has 0 spiro atoms. The summed E-state index contributed by atoms with van der Waals surface area (Å²) in [5.74, 6) is 0. The topological polar surface area (TPSA) is 56.0 Å². The first-order chi connectivity index (χ1) is 6.24. The zero-order chi connectivity index (χ0) is 9.68. The summed E-state index contributed by atoms with van der Waals surface area (Å²) in [5.41, 5.74) is 8.07. The molecule has 1 heterocycles. The van der Waals surface area contributed by atoms with E-state index in [-0.39, 0.29) is 0 Å². The van der Waals surface area contributed by atoms with Gasteiger partial charge in [-0.05, 0) is 18.6 Å². The molecule has 3 nitrogen and oxygen atoms in total. The predicted octanol–water partition coefficient (Wildman–Crippen LogP) is 1.57. The Morgan fingerprint density at radius 1 is 1.62 bits per heavy atom. The molecule has 0 saturated carbocycles. The highest BCUT2D eigenvalue weighted by Crippen LogP contribution is 2.11. The number of aryl methyl sites for hydroxylation is 1. The zero-order valence-electron chi connectivity index (χ0n) is 7.53. The first-order valence-electron chi connectivity index (χ1n) is 4.06. The van der Waals surface area contributed by atoms with Gasteiger partial charge in [-0.25, -0.2) is 0 Å². The number of hydrogen-bond acceptors (Lipinski definition) is 3. The summed E-state index contributed by atoms with van der Waals surface area (Å²) >= 11 is 0. The lowest BCUT2D eigenvalue weighted by molar-refractivity contribution is -0.107. The second kappa shape index (κ2) is 4.40. The molecule has 0 atom stereocenters. The van der Waals surface area contributed by atoms with Crippen molar-refractivity contribution in [1.29, 1.82) is 0 Å². The number of allylic oxidation sites excluding steroid dienone is 1. The Hall–Kier alpha value is -1.64. The Labute approximate surface area is 77.3 Å². The van der Waals surface area contributed by atoms with Crippen LogP contribution >= 0.6 is 0 Å². The van der Waals surface area contributed by atoms with Crippen molar-refractivity contribution in [3.8, 4) is 0 Å². The SMILES string of the molecule is Cc1ncc(N)cc1C=CCC=O. The summed E-state index contributed by atoms with van der Waals surface area (Å²) in [6, 6.07) is 1.84. The van der Waals surface area contributed by atoms with Gasteiger partial charge in [-0.1, -0.05) is 12.2 Å². The summed E-state index contributed by atoms with van der Waals surface area (Å²) in [6.45, 7) is 1.90. The van der Waals surface area contributed by atoms with Crippen LogP contribution in [0.15, 0.2) is 18.3 Å². The van der Waals surface area contributed by atoms with Gasteiger partial charge in [-0.15, -0.1) is 0 Å². The summed E-state index contributed by atoms with van der Waals surface area (Å²) < 4.78 is 0. The van der Waals surface area contributed by atoms with Crippen molar-refractivity contribution in [3.63, 3.8) is 0 Å². The van der Waals surface area contributed by atoms with Crippen LogP contribution in [-0.4, -0.2) is 11.3 Å². The first-order valence-corrected chi connectivity index (χ1v) is 4.06. The summed E-state index contributed by atoms with van der Waals surface area (Å²) in [7, 11) is 0. The lowest BCUT2D eigenvalue weighted by atomic mass is 10.1. The molecule has 0 radical (unpaired) electrons. The molecule has 0 unspecified atom stereocenters. The number of carbonyl (C=O) groups is 1. The number of rotatable bonds is 3. The molecule has 3 heteroatoms. The normalized spacial score (nSPS) is 10.5. The molecule has 0 aliphatic carbocycles. The molecule has 68 valence electrons. The highest BCUT2D eigenvalue weighted by molar-refractivity contribution is 5.60. The van der Waals surface area contributed by atoms with Crippen molar-refractivity contribution in [2.75, 3.05) is 5.73 Å². The van der Waals surface area contributed by atoms with Crippen LogP contribution in [0.5, 0.6) is 0 Å². The van der Waals surface area contributed by atoms with E-state index in [2.05, 4.69) is 4.98 Å². The van der Waals surface area contributed by atoms with E-state index in [1.165, 1.54) is 0 Å². The molecular weight excluding hydrogens is 164 g/mol. The monoisotopic (exact) mass is 176 g/mol. The van der Waals surface area contributed by atoms with E-state index in [1.807, 2.05) is 19.1 Å². The van der Waals surface area contributed by atoms with Crippen LogP contribution in [0.4, 0.5) is 5.69 Å². The fourth-order valence-corrected chi connectivity index (χ4v) is 0.986. The van der Waals surface area contributed by atoms with Gasteiger partial charge in [-0.2, -0.15) is 0 Å². The molecule has 0 saturated heterocycles. The third kappa shape index (κ3) is 2.71. The molecular formula is C10H12N2O. The highest BCUT2D eigenvalue weighted by atomic mass is 16.1. The maximum absolute atomic E-state index is 10.1. The van der Waals surface area contributed by atoms with Gasteiger partial charge in [0.05, 0.1) is 11.9 Å². The smallest absolute Gasteiger partial charge is 0.123 e. The van der Waals surface area contributed by atoms with Crippen molar-refractivity contribution in [1.82, 2.24) is 4.98 Å². The lowest BCUT2D eigenvalue weighted by Gasteiger charge is -1.99. The third-order valence-electron chi connectivity index (χ3n) is 1.68. The van der Waals surface area contributed by atoms with Gasteiger partial charge >= 0.3 is 0 Å². The molecule has 0 fully saturated rings. The van der Waals surface area contributed by atoms with Crippen LogP contribution in [0.1, 0.15) is 17.7 Å². The van der Waals surface area contributed by atoms with Gasteiger partial charge in [0.15, 0.2) is 0 Å². The van der Waals surface area contributed by atoms with E-state index in [0.717, 1.165) is 17.5 Å². The molecule has 0 aliphatic heterocycles. The summed E-state index contributed by atoms with van der Waals surface area (Å²) in [5, 5.41) is 0. The number of carbonyl (C=O) groups excluding carboxylic acids is 1. The number of hydrogen-bond donors (Lipinski definition) is 1. The Bertz CT molecular complexity index is 332. The number of nitrogen functional groups attached to an aromatic ring is 1. The molecule has 0 amide bonds. The number of aromatic nitrogens is 1. The van der Waals surface area contributed by atoms with Crippen LogP contribution in [-0.2, 0) is 4.79 Å². The number of pyridine rings is 1. The predicted molar refractivity (Wildman–Crippen MR) is 53.1 cm³/mol. The Kier molecular flexibility index (Phi) is 3.20. The van der Waals surface area contributed by atoms with E-state index < -0.39 is 0 Å². The maximum Gasteiger partial charge on any atom is 0.123 e. The summed E-state index contributed by atoms with van der Waals surface area (Å²) in [6.07, 6.45) is 6.54. The lowest BCUT2D eigenvalue weighted by Crippen LogP contribution is -1.91. The maximum atomic E-state index is 10.1. The molecule has 0 aromatic carbocycles. The standard InChI is InChI=1S/C10H12N2O/c1-8-9(4-2-3-5-13)6-10(11)7-12-8/h2,4-7H,3,11H2,1H3. The Morgan fingerprint density at radius 2 is 2.38 bits per heavy atom. The van der Waals surface area contributed by atoms with Gasteiger partial charge in [-0.3, -0.25) is 4.98 Å². The minimum Gasteiger partial charge on any atom is -0.397 e. The van der Waals surface area contributed by atoms with Crippen LogP contribution < -0.4 is 5.73 Å². The number of aldehydes is 1. The first kappa shape index (κ1) is 9.45. The van der Waals surface area contributed by atoms with Gasteiger partial charge in [0, 0.05) is 12.1 Å². The Balaban J connectivity index is 2.86. The van der Waals surface area contributed by atoms with Gasteiger partial charge in [0.1, 0.15) is 6.29 Å². The highest BCUT2D eigenvalue weighted by Gasteiger charge is 1.94. The average molecular weight is 176 g/mol. The minimum absolute atomic E-state index is 0.425. The quantitative estimate of drug-likeness (QED) is 0.711. The van der Waals surface area contributed by atoms with E-state index >= 15 is 0 Å². The zero-order valence-corrected chi connectivity index (χ0v) is 7.53. The molecule has 0 bridgehead atoms. The van der Waals surface area contributed by atoms with Crippen molar-refractivity contribution >= 4 is 18.0 Å². The van der Waals surface area contributed by atoms with E-state index in [4.69, 9.17) is 5.73 Å². The van der Waals surface area contributed by atoms with E-state index in [9.17, 15) is 4.79 Å². The van der Waals surface area contributed by atoms with Crippen molar-refractivity contribution in [3.05, 3.63) is 29.6 Å². The number of nitrogens with two attached hydrogens (primary N) is 1. The van der Waals surface area contributed by atoms with Gasteiger partial charge in [0.2, 0.25) is 0 Å². The fourth-order valence-electron chi connectivity index (χ4n) is 0.986. The van der Waals surface area contributed by atoms with Crippen molar-refractivity contribution in [2.24, 2.45) is 0 Å². The Morgan fingerprint density at radius 3 is 3.08 bits per heavy atom. The molecule has 0 aliphatic rings. The fraction of sp³-hybridized carbons (Fsp3) is 0.200. The van der Waals surface area contributed by atoms with Gasteiger partial charge in [0.25, 0.3) is 0 Å². The molecule has 1 aromatic rings. The van der Waals surface area contributed by atoms with Crippen molar-refractivity contribution < 1.29 is 4.79 Å². The van der Waals surface area contributed by atoms with E-state index in [1.54, 1.807) is 12.3 Å². The largest absolute Gasteiger partial charge is 0.397 e. The van der Waals surface area contributed by atoms with Gasteiger partial charge < -0.3 is 10.5 Å². The minimum atomic E-state index is 0.425. The molecule has 2 N–H and O–H groups in total. The van der Waals surface area contributed by atoms with Crippen LogP contribution in [0.3, 0.4) is 0 Å². The average Bonchev–Trinajstić information content (AvgIpc) is 2.11. The summed E-state index contributed by atoms with van der Waals surface area (Å²) in [4.78, 5) is 14.1. The van der Waals surface area contributed by atoms with Crippen LogP contribution in [0.2, 0.25) is 0 Å². The van der Waals surface area contributed by atoms with Crippen LogP contribution in [0.25, 0.3) is 6.08 Å². The second-order valence-electron chi connectivity index (χ2n) is 2.75. The number of nitrogens with zero attached hydrogens (tertiary/aromatic N) is 1. The molecule has 13 heavy (non-hydrogen) atoms.